The van der Waals surface area contributed by atoms with E-state index in [1.807, 2.05) is 25.1 Å². The van der Waals surface area contributed by atoms with Crippen molar-refractivity contribution < 1.29 is 4.39 Å². The van der Waals surface area contributed by atoms with E-state index >= 15 is 0 Å². The largest absolute Gasteiger partial charge is 0.381 e. The number of nitrogens with one attached hydrogen (secondary N) is 1. The number of halogens is 2. The maximum atomic E-state index is 13.4. The van der Waals surface area contributed by atoms with Gasteiger partial charge < -0.3 is 5.32 Å². The Kier molecular flexibility index (Phi) is 3.88. The van der Waals surface area contributed by atoms with Gasteiger partial charge in [0.05, 0.1) is 9.99 Å². The highest BCUT2D eigenvalue weighted by atomic mass is 79.9. The van der Waals surface area contributed by atoms with Gasteiger partial charge in [0.2, 0.25) is 0 Å². The van der Waals surface area contributed by atoms with Gasteiger partial charge in [0.25, 0.3) is 0 Å². The fourth-order valence-electron chi connectivity index (χ4n) is 2.27. The van der Waals surface area contributed by atoms with Gasteiger partial charge in [0.15, 0.2) is 0 Å². The molecule has 0 aliphatic heterocycles. The van der Waals surface area contributed by atoms with Gasteiger partial charge in [-0.15, -0.1) is 0 Å². The van der Waals surface area contributed by atoms with Crippen LogP contribution in [0.3, 0.4) is 0 Å². The number of benzene rings is 2. The Bertz CT molecular complexity index is 802. The number of hydrogen-bond acceptors (Lipinski definition) is 2. The summed E-state index contributed by atoms with van der Waals surface area (Å²) < 4.78 is 13.9. The molecule has 3 rings (SSSR count). The smallest absolute Gasteiger partial charge is 0.137 e. The molecule has 0 fully saturated rings. The van der Waals surface area contributed by atoms with Crippen LogP contribution < -0.4 is 5.32 Å². The average Bonchev–Trinajstić information content (AvgIpc) is 2.49. The second-order valence-corrected chi connectivity index (χ2v) is 5.82. The molecule has 4 heteroatoms. The zero-order valence-corrected chi connectivity index (χ0v) is 13.1. The van der Waals surface area contributed by atoms with Crippen molar-refractivity contribution in [1.82, 2.24) is 4.98 Å². The van der Waals surface area contributed by atoms with Gasteiger partial charge in [0.1, 0.15) is 5.82 Å². The molecule has 0 aliphatic carbocycles. The van der Waals surface area contributed by atoms with Crippen molar-refractivity contribution in [1.29, 1.82) is 0 Å². The molecule has 0 aliphatic rings. The summed E-state index contributed by atoms with van der Waals surface area (Å²) >= 11 is 3.22. The first kappa shape index (κ1) is 14.0. The van der Waals surface area contributed by atoms with Gasteiger partial charge >= 0.3 is 0 Å². The van der Waals surface area contributed by atoms with Crippen LogP contribution in [0.2, 0.25) is 0 Å². The molecule has 0 bridgehead atoms. The monoisotopic (exact) mass is 344 g/mol. The number of aryl methyl sites for hydroxylation is 1. The Morgan fingerprint density at radius 1 is 1.19 bits per heavy atom. The van der Waals surface area contributed by atoms with E-state index in [1.54, 1.807) is 12.3 Å². The quantitative estimate of drug-likeness (QED) is 0.718. The molecule has 3 aromatic rings. The Morgan fingerprint density at radius 2 is 2.05 bits per heavy atom. The summed E-state index contributed by atoms with van der Waals surface area (Å²) in [6, 6.07) is 13.5. The molecule has 0 spiro atoms. The van der Waals surface area contributed by atoms with E-state index in [-0.39, 0.29) is 5.82 Å². The fourth-order valence-corrected chi connectivity index (χ4v) is 2.61. The topological polar surface area (TPSA) is 24.9 Å². The number of anilines is 1. The third-order valence-corrected chi connectivity index (χ3v) is 4.03. The predicted octanol–water partition coefficient (Wildman–Crippen LogP) is 5.06. The SMILES string of the molecule is Cc1cc(F)c(Br)cc1NCc1ccc2ncccc2c1. The minimum atomic E-state index is -0.241. The second-order valence-electron chi connectivity index (χ2n) is 4.97. The first-order chi connectivity index (χ1) is 10.1. The molecule has 1 N–H and O–H groups in total. The minimum absolute atomic E-state index is 0.241. The number of nitrogens with zero attached hydrogens (tertiary/aromatic N) is 1. The number of fused-ring (bicyclic) bond motifs is 1. The van der Waals surface area contributed by atoms with Crippen LogP contribution >= 0.6 is 15.9 Å². The van der Waals surface area contributed by atoms with E-state index in [2.05, 4.69) is 38.4 Å². The van der Waals surface area contributed by atoms with Gasteiger partial charge in [-0.05, 0) is 64.3 Å². The van der Waals surface area contributed by atoms with Gasteiger partial charge in [-0.3, -0.25) is 4.98 Å². The normalized spacial score (nSPS) is 10.8. The molecule has 21 heavy (non-hydrogen) atoms. The number of pyridine rings is 1. The van der Waals surface area contributed by atoms with Crippen molar-refractivity contribution in [3.05, 3.63) is 70.1 Å². The molecule has 0 unspecified atom stereocenters. The molecule has 1 aromatic heterocycles. The van der Waals surface area contributed by atoms with Crippen molar-refractivity contribution in [3.63, 3.8) is 0 Å². The number of rotatable bonds is 3. The molecule has 0 saturated carbocycles. The molecular formula is C17H14BrFN2. The van der Waals surface area contributed by atoms with Gasteiger partial charge in [-0.2, -0.15) is 0 Å². The highest BCUT2D eigenvalue weighted by molar-refractivity contribution is 9.10. The molecule has 106 valence electrons. The van der Waals surface area contributed by atoms with Crippen LogP contribution in [0.25, 0.3) is 10.9 Å². The highest BCUT2D eigenvalue weighted by Gasteiger charge is 2.05. The third kappa shape index (κ3) is 3.05. The van der Waals surface area contributed by atoms with E-state index < -0.39 is 0 Å². The Labute approximate surface area is 131 Å². The zero-order chi connectivity index (χ0) is 14.8. The molecule has 0 saturated heterocycles. The maximum absolute atomic E-state index is 13.4. The summed E-state index contributed by atoms with van der Waals surface area (Å²) in [6.45, 7) is 2.58. The van der Waals surface area contributed by atoms with E-state index in [0.29, 0.717) is 11.0 Å². The summed E-state index contributed by atoms with van der Waals surface area (Å²) in [5.74, 6) is -0.241. The van der Waals surface area contributed by atoms with Crippen LogP contribution in [0.4, 0.5) is 10.1 Å². The van der Waals surface area contributed by atoms with Crippen LogP contribution in [-0.4, -0.2) is 4.98 Å². The lowest BCUT2D eigenvalue weighted by atomic mass is 10.1. The second kappa shape index (κ2) is 5.82. The van der Waals surface area contributed by atoms with Crippen LogP contribution in [0.5, 0.6) is 0 Å². The maximum Gasteiger partial charge on any atom is 0.137 e. The fraction of sp³-hybridized carbons (Fsp3) is 0.118. The van der Waals surface area contributed by atoms with E-state index in [1.165, 1.54) is 6.07 Å². The minimum Gasteiger partial charge on any atom is -0.381 e. The van der Waals surface area contributed by atoms with Gasteiger partial charge in [-0.25, -0.2) is 4.39 Å². The van der Waals surface area contributed by atoms with Crippen LogP contribution in [0, 0.1) is 12.7 Å². The Hall–Kier alpha value is -1.94. The van der Waals surface area contributed by atoms with Crippen molar-refractivity contribution in [2.24, 2.45) is 0 Å². The standard InChI is InChI=1S/C17H14BrFN2/c1-11-7-15(19)14(18)9-17(11)21-10-12-4-5-16-13(8-12)3-2-6-20-16/h2-9,21H,10H2,1H3. The molecule has 2 aromatic carbocycles. The van der Waals surface area contributed by atoms with Crippen LogP contribution in [0.1, 0.15) is 11.1 Å². The predicted molar refractivity (Wildman–Crippen MR) is 87.9 cm³/mol. The lowest BCUT2D eigenvalue weighted by Gasteiger charge is -2.11. The number of aromatic nitrogens is 1. The first-order valence-corrected chi connectivity index (χ1v) is 7.46. The molecule has 0 radical (unpaired) electrons. The van der Waals surface area contributed by atoms with Gasteiger partial charge in [-0.1, -0.05) is 12.1 Å². The summed E-state index contributed by atoms with van der Waals surface area (Å²) in [7, 11) is 0. The summed E-state index contributed by atoms with van der Waals surface area (Å²) in [5.41, 5.74) is 3.96. The van der Waals surface area contributed by atoms with E-state index in [4.69, 9.17) is 0 Å². The van der Waals surface area contributed by atoms with Crippen LogP contribution in [-0.2, 0) is 6.54 Å². The Balaban J connectivity index is 1.81. The Morgan fingerprint density at radius 3 is 2.90 bits per heavy atom. The van der Waals surface area contributed by atoms with Crippen LogP contribution in [0.15, 0.2) is 53.1 Å². The molecule has 0 atom stereocenters. The average molecular weight is 345 g/mol. The molecular weight excluding hydrogens is 331 g/mol. The van der Waals surface area contributed by atoms with E-state index in [0.717, 1.165) is 27.7 Å². The summed E-state index contributed by atoms with van der Waals surface area (Å²) in [6.07, 6.45) is 1.79. The summed E-state index contributed by atoms with van der Waals surface area (Å²) in [5, 5.41) is 4.46. The third-order valence-electron chi connectivity index (χ3n) is 3.42. The summed E-state index contributed by atoms with van der Waals surface area (Å²) in [4.78, 5) is 4.31. The van der Waals surface area contributed by atoms with Gasteiger partial charge in [0, 0.05) is 23.8 Å². The molecule has 0 amide bonds. The first-order valence-electron chi connectivity index (χ1n) is 6.66. The van der Waals surface area contributed by atoms with Crippen molar-refractivity contribution in [2.45, 2.75) is 13.5 Å². The number of hydrogen-bond donors (Lipinski definition) is 1. The zero-order valence-electron chi connectivity index (χ0n) is 11.5. The van der Waals surface area contributed by atoms with Crippen molar-refractivity contribution in [2.75, 3.05) is 5.32 Å². The van der Waals surface area contributed by atoms with Crippen molar-refractivity contribution in [3.8, 4) is 0 Å². The molecule has 1 heterocycles. The molecule has 2 nitrogen and oxygen atoms in total. The highest BCUT2D eigenvalue weighted by Crippen LogP contribution is 2.25. The lowest BCUT2D eigenvalue weighted by molar-refractivity contribution is 0.620. The lowest BCUT2D eigenvalue weighted by Crippen LogP contribution is -2.01. The van der Waals surface area contributed by atoms with Crippen molar-refractivity contribution >= 4 is 32.5 Å². The van der Waals surface area contributed by atoms with E-state index in [9.17, 15) is 4.39 Å².